The molecule has 1 rings (SSSR count). The van der Waals surface area contributed by atoms with Gasteiger partial charge in [0.05, 0.1) is 5.92 Å². The zero-order valence-corrected chi connectivity index (χ0v) is 13.3. The van der Waals surface area contributed by atoms with Crippen molar-refractivity contribution in [3.63, 3.8) is 0 Å². The van der Waals surface area contributed by atoms with Crippen LogP contribution in [0.5, 0.6) is 0 Å². The lowest BCUT2D eigenvalue weighted by Crippen LogP contribution is -2.47. The molecule has 0 aromatic carbocycles. The van der Waals surface area contributed by atoms with E-state index in [1.54, 1.807) is 7.05 Å². The predicted molar refractivity (Wildman–Crippen MR) is 76.7 cm³/mol. The highest BCUT2D eigenvalue weighted by molar-refractivity contribution is 7.86. The monoisotopic (exact) mass is 307 g/mol. The van der Waals surface area contributed by atoms with Crippen LogP contribution in [0.3, 0.4) is 0 Å². The van der Waals surface area contributed by atoms with Crippen molar-refractivity contribution in [3.05, 3.63) is 0 Å². The van der Waals surface area contributed by atoms with E-state index in [0.717, 1.165) is 13.0 Å². The maximum atomic E-state index is 12.3. The second-order valence-electron chi connectivity index (χ2n) is 5.50. The highest BCUT2D eigenvalue weighted by Gasteiger charge is 2.33. The topological polar surface area (TPSA) is 81.2 Å². The molecule has 1 aliphatic rings. The van der Waals surface area contributed by atoms with E-state index < -0.39 is 22.1 Å². The van der Waals surface area contributed by atoms with Gasteiger partial charge in [-0.2, -0.15) is 17.0 Å². The fourth-order valence-corrected chi connectivity index (χ4v) is 3.68. The van der Waals surface area contributed by atoms with Crippen molar-refractivity contribution in [3.8, 4) is 0 Å². The number of hydrogen-bond acceptors (Lipinski definition) is 4. The van der Waals surface area contributed by atoms with E-state index in [-0.39, 0.29) is 13.1 Å². The van der Waals surface area contributed by atoms with Crippen molar-refractivity contribution in [2.45, 2.75) is 19.3 Å². The Kier molecular flexibility index (Phi) is 6.38. The lowest BCUT2D eigenvalue weighted by Gasteiger charge is -2.32. The third kappa shape index (κ3) is 4.69. The van der Waals surface area contributed by atoms with Crippen molar-refractivity contribution in [2.75, 3.05) is 47.3 Å². The van der Waals surface area contributed by atoms with Crippen LogP contribution in [0, 0.1) is 5.92 Å². The first-order valence-electron chi connectivity index (χ1n) is 6.84. The molecule has 8 heteroatoms. The number of carboxylic acid groups (broad SMARTS) is 1. The molecular formula is C12H25N3O4S. The number of carboxylic acids is 1. The van der Waals surface area contributed by atoms with Crippen molar-refractivity contribution in [1.29, 1.82) is 0 Å². The van der Waals surface area contributed by atoms with E-state index in [4.69, 9.17) is 5.11 Å². The molecular weight excluding hydrogens is 282 g/mol. The van der Waals surface area contributed by atoms with Gasteiger partial charge in [-0.25, -0.2) is 0 Å². The summed E-state index contributed by atoms with van der Waals surface area (Å²) in [6.07, 6.45) is 1.55. The van der Waals surface area contributed by atoms with Gasteiger partial charge in [0, 0.05) is 26.7 Å². The zero-order chi connectivity index (χ0) is 15.3. The Morgan fingerprint density at radius 2 is 1.75 bits per heavy atom. The van der Waals surface area contributed by atoms with Gasteiger partial charge < -0.3 is 10.0 Å². The molecule has 0 aromatic heterocycles. The summed E-state index contributed by atoms with van der Waals surface area (Å²) in [6, 6.07) is 0. The Labute approximate surface area is 121 Å². The molecule has 0 aromatic rings. The number of hydrogen-bond donors (Lipinski definition) is 1. The molecule has 0 atom stereocenters. The Morgan fingerprint density at radius 1 is 1.20 bits per heavy atom. The quantitative estimate of drug-likeness (QED) is 0.711. The molecule has 0 bridgehead atoms. The van der Waals surface area contributed by atoms with E-state index in [1.807, 2.05) is 19.0 Å². The summed E-state index contributed by atoms with van der Waals surface area (Å²) in [5.41, 5.74) is 0. The van der Waals surface area contributed by atoms with Crippen LogP contribution in [0.25, 0.3) is 0 Å². The summed E-state index contributed by atoms with van der Waals surface area (Å²) in [4.78, 5) is 12.9. The van der Waals surface area contributed by atoms with Crippen LogP contribution in [0.2, 0.25) is 0 Å². The van der Waals surface area contributed by atoms with E-state index in [1.165, 1.54) is 8.61 Å². The molecule has 0 amide bonds. The largest absolute Gasteiger partial charge is 0.481 e. The number of rotatable bonds is 7. The number of carbonyl (C=O) groups is 1. The second-order valence-corrected chi connectivity index (χ2v) is 7.53. The van der Waals surface area contributed by atoms with Gasteiger partial charge in [-0.1, -0.05) is 0 Å². The molecule has 1 saturated heterocycles. The molecule has 0 aliphatic carbocycles. The van der Waals surface area contributed by atoms with Gasteiger partial charge in [-0.05, 0) is 39.9 Å². The second kappa shape index (κ2) is 7.35. The molecule has 0 saturated carbocycles. The predicted octanol–water partition coefficient (Wildman–Crippen LogP) is -0.0887. The zero-order valence-electron chi connectivity index (χ0n) is 12.4. The van der Waals surface area contributed by atoms with E-state index in [9.17, 15) is 13.2 Å². The molecule has 0 radical (unpaired) electrons. The smallest absolute Gasteiger partial charge is 0.306 e. The van der Waals surface area contributed by atoms with Gasteiger partial charge in [0.25, 0.3) is 10.2 Å². The Hall–Kier alpha value is -0.700. The van der Waals surface area contributed by atoms with Crippen molar-refractivity contribution in [1.82, 2.24) is 13.5 Å². The summed E-state index contributed by atoms with van der Waals surface area (Å²) in [5.74, 6) is -1.25. The Morgan fingerprint density at radius 3 is 2.20 bits per heavy atom. The van der Waals surface area contributed by atoms with Crippen LogP contribution in [-0.2, 0) is 15.0 Å². The normalized spacial score (nSPS) is 18.9. The number of nitrogens with zero attached hydrogens (tertiary/aromatic N) is 3. The molecule has 0 unspecified atom stereocenters. The molecule has 1 aliphatic heterocycles. The van der Waals surface area contributed by atoms with Crippen LogP contribution in [0.15, 0.2) is 0 Å². The molecule has 118 valence electrons. The lowest BCUT2D eigenvalue weighted by molar-refractivity contribution is -0.142. The highest BCUT2D eigenvalue weighted by Crippen LogP contribution is 2.21. The number of piperidine rings is 1. The summed E-state index contributed by atoms with van der Waals surface area (Å²) < 4.78 is 27.4. The fourth-order valence-electron chi connectivity index (χ4n) is 2.26. The third-order valence-electron chi connectivity index (χ3n) is 3.60. The lowest BCUT2D eigenvalue weighted by atomic mass is 9.99. The van der Waals surface area contributed by atoms with Crippen LogP contribution in [0.1, 0.15) is 19.3 Å². The van der Waals surface area contributed by atoms with Gasteiger partial charge in [-0.3, -0.25) is 4.79 Å². The van der Waals surface area contributed by atoms with E-state index in [0.29, 0.717) is 19.4 Å². The minimum Gasteiger partial charge on any atom is -0.481 e. The van der Waals surface area contributed by atoms with Gasteiger partial charge in [0.2, 0.25) is 0 Å². The van der Waals surface area contributed by atoms with Crippen molar-refractivity contribution < 1.29 is 18.3 Å². The molecule has 1 heterocycles. The Balaban J connectivity index is 2.50. The van der Waals surface area contributed by atoms with Crippen LogP contribution < -0.4 is 0 Å². The van der Waals surface area contributed by atoms with E-state index >= 15 is 0 Å². The van der Waals surface area contributed by atoms with Gasteiger partial charge in [0.1, 0.15) is 0 Å². The average Bonchev–Trinajstić information content (AvgIpc) is 2.38. The molecule has 20 heavy (non-hydrogen) atoms. The maximum Gasteiger partial charge on any atom is 0.306 e. The number of aliphatic carboxylic acids is 1. The van der Waals surface area contributed by atoms with E-state index in [2.05, 4.69) is 0 Å². The van der Waals surface area contributed by atoms with Crippen molar-refractivity contribution in [2.24, 2.45) is 5.92 Å². The minimum atomic E-state index is -3.45. The molecule has 1 N–H and O–H groups in total. The maximum absolute atomic E-state index is 12.3. The SMILES string of the molecule is CN(C)CCCN(C)S(=O)(=O)N1CCC(C(=O)O)CC1. The fraction of sp³-hybridized carbons (Fsp3) is 0.917. The van der Waals surface area contributed by atoms with Gasteiger partial charge >= 0.3 is 5.97 Å². The third-order valence-corrected chi connectivity index (χ3v) is 5.59. The molecule has 1 fully saturated rings. The first-order chi connectivity index (χ1) is 9.25. The standard InChI is InChI=1S/C12H25N3O4S/c1-13(2)7-4-8-14(3)20(18,19)15-9-5-11(6-10-15)12(16)17/h11H,4-10H2,1-3H3,(H,16,17). The van der Waals surface area contributed by atoms with Crippen LogP contribution >= 0.6 is 0 Å². The summed E-state index contributed by atoms with van der Waals surface area (Å²) in [7, 11) is 2.02. The Bertz CT molecular complexity index is 416. The molecule has 0 spiro atoms. The average molecular weight is 307 g/mol. The van der Waals surface area contributed by atoms with Gasteiger partial charge in [0.15, 0.2) is 0 Å². The first-order valence-corrected chi connectivity index (χ1v) is 8.23. The minimum absolute atomic E-state index is 0.289. The van der Waals surface area contributed by atoms with Crippen LogP contribution in [0.4, 0.5) is 0 Å². The highest BCUT2D eigenvalue weighted by atomic mass is 32.2. The first kappa shape index (κ1) is 17.4. The summed E-state index contributed by atoms with van der Waals surface area (Å²) >= 11 is 0. The summed E-state index contributed by atoms with van der Waals surface area (Å²) in [6.45, 7) is 1.88. The molecule has 7 nitrogen and oxygen atoms in total. The van der Waals surface area contributed by atoms with Crippen LogP contribution in [-0.4, -0.2) is 80.3 Å². The summed E-state index contributed by atoms with van der Waals surface area (Å²) in [5, 5.41) is 8.92. The van der Waals surface area contributed by atoms with Crippen molar-refractivity contribution >= 4 is 16.2 Å². The van der Waals surface area contributed by atoms with Gasteiger partial charge in [-0.15, -0.1) is 0 Å².